The van der Waals surface area contributed by atoms with Crippen LogP contribution in [0.25, 0.3) is 10.8 Å². The fourth-order valence-corrected chi connectivity index (χ4v) is 1.75. The van der Waals surface area contributed by atoms with Crippen molar-refractivity contribution in [3.63, 3.8) is 0 Å². The lowest BCUT2D eigenvalue weighted by Gasteiger charge is -2.08. The molecule has 0 N–H and O–H groups in total. The number of nitrogens with zero attached hydrogens (tertiary/aromatic N) is 1. The zero-order valence-corrected chi connectivity index (χ0v) is 8.45. The Balaban J connectivity index is 2.67. The summed E-state index contributed by atoms with van der Waals surface area (Å²) in [5, 5.41) is 10.3. The van der Waals surface area contributed by atoms with Crippen LogP contribution in [0.2, 0.25) is 0 Å². The van der Waals surface area contributed by atoms with Gasteiger partial charge in [0.15, 0.2) is 0 Å². The van der Waals surface area contributed by atoms with E-state index in [0.717, 1.165) is 10.8 Å². The number of nitriles is 1. The molecule has 2 rings (SSSR count). The van der Waals surface area contributed by atoms with Gasteiger partial charge in [-0.15, -0.1) is 0 Å². The summed E-state index contributed by atoms with van der Waals surface area (Å²) in [6.45, 7) is 0. The highest BCUT2D eigenvalue weighted by Gasteiger charge is 2.13. The molecule has 0 saturated carbocycles. The highest BCUT2D eigenvalue weighted by molar-refractivity contribution is 5.84. The van der Waals surface area contributed by atoms with E-state index in [0.29, 0.717) is 5.56 Å². The van der Waals surface area contributed by atoms with Crippen molar-refractivity contribution in [3.05, 3.63) is 47.5 Å². The minimum Gasteiger partial charge on any atom is -0.205 e. The van der Waals surface area contributed by atoms with Gasteiger partial charge in [-0.2, -0.15) is 5.26 Å². The molecular weight excluding hydrogens is 208 g/mol. The van der Waals surface area contributed by atoms with Crippen molar-refractivity contribution in [1.29, 1.82) is 5.26 Å². The molecule has 80 valence electrons. The van der Waals surface area contributed by atoms with Crippen LogP contribution in [0, 0.1) is 11.3 Å². The molecule has 2 aromatic carbocycles. The van der Waals surface area contributed by atoms with E-state index in [-0.39, 0.29) is 12.0 Å². The minimum atomic E-state index is -2.53. The second-order valence-electron chi connectivity index (χ2n) is 3.53. The number of halogens is 2. The average molecular weight is 217 g/mol. The largest absolute Gasteiger partial charge is 0.264 e. The topological polar surface area (TPSA) is 23.8 Å². The van der Waals surface area contributed by atoms with Crippen molar-refractivity contribution in [2.24, 2.45) is 0 Å². The van der Waals surface area contributed by atoms with Gasteiger partial charge in [-0.05, 0) is 28.5 Å². The fraction of sp³-hybridized carbons (Fsp3) is 0.154. The van der Waals surface area contributed by atoms with Gasteiger partial charge in [-0.3, -0.25) is 0 Å². The molecule has 2 aromatic rings. The molecule has 3 heteroatoms. The summed E-state index contributed by atoms with van der Waals surface area (Å²) in [5.41, 5.74) is 0.372. The molecule has 0 atom stereocenters. The number of hydrogen-bond donors (Lipinski definition) is 0. The molecule has 0 aliphatic rings. The van der Waals surface area contributed by atoms with E-state index in [4.69, 9.17) is 5.26 Å². The molecule has 0 amide bonds. The Hall–Kier alpha value is -1.95. The number of fused-ring (bicyclic) bond motifs is 1. The van der Waals surface area contributed by atoms with Crippen molar-refractivity contribution in [3.8, 4) is 6.07 Å². The number of alkyl halides is 2. The summed E-state index contributed by atoms with van der Waals surface area (Å²) in [4.78, 5) is 0. The normalized spacial score (nSPS) is 10.6. The molecule has 0 unspecified atom stereocenters. The summed E-state index contributed by atoms with van der Waals surface area (Å²) in [7, 11) is 0. The first-order valence-electron chi connectivity index (χ1n) is 4.89. The number of benzene rings is 2. The molecule has 0 aliphatic heterocycles. The van der Waals surface area contributed by atoms with E-state index in [2.05, 4.69) is 0 Å². The monoisotopic (exact) mass is 217 g/mol. The van der Waals surface area contributed by atoms with E-state index in [1.807, 2.05) is 24.3 Å². The SMILES string of the molecule is N#CCc1cc2ccccc2cc1C(F)F. The van der Waals surface area contributed by atoms with Crippen LogP contribution >= 0.6 is 0 Å². The Morgan fingerprint density at radius 2 is 1.75 bits per heavy atom. The molecule has 0 fully saturated rings. The standard InChI is InChI=1S/C13H9F2N/c14-13(15)12-8-10-4-2-1-3-9(10)7-11(12)5-6-16/h1-4,7-8,13H,5H2. The van der Waals surface area contributed by atoms with Crippen LogP contribution in [-0.4, -0.2) is 0 Å². The Morgan fingerprint density at radius 1 is 1.12 bits per heavy atom. The molecule has 1 nitrogen and oxygen atoms in total. The lowest BCUT2D eigenvalue weighted by Crippen LogP contribution is -1.94. The predicted molar refractivity (Wildman–Crippen MR) is 58.2 cm³/mol. The van der Waals surface area contributed by atoms with E-state index in [9.17, 15) is 8.78 Å². The van der Waals surface area contributed by atoms with Crippen molar-refractivity contribution < 1.29 is 8.78 Å². The van der Waals surface area contributed by atoms with E-state index < -0.39 is 6.43 Å². The van der Waals surface area contributed by atoms with Crippen molar-refractivity contribution >= 4 is 10.8 Å². The van der Waals surface area contributed by atoms with Crippen LogP contribution in [0.3, 0.4) is 0 Å². The second kappa shape index (κ2) is 4.28. The van der Waals surface area contributed by atoms with Crippen LogP contribution in [0.5, 0.6) is 0 Å². The van der Waals surface area contributed by atoms with Gasteiger partial charge in [-0.1, -0.05) is 24.3 Å². The Morgan fingerprint density at radius 3 is 2.31 bits per heavy atom. The molecular formula is C13H9F2N. The highest BCUT2D eigenvalue weighted by Crippen LogP contribution is 2.28. The van der Waals surface area contributed by atoms with Crippen molar-refractivity contribution in [2.45, 2.75) is 12.8 Å². The maximum absolute atomic E-state index is 12.8. The molecule has 16 heavy (non-hydrogen) atoms. The summed E-state index contributed by atoms with van der Waals surface area (Å²) >= 11 is 0. The second-order valence-corrected chi connectivity index (χ2v) is 3.53. The summed E-state index contributed by atoms with van der Waals surface area (Å²) in [6.07, 6.45) is -2.52. The molecule has 0 bridgehead atoms. The fourth-order valence-electron chi connectivity index (χ4n) is 1.75. The van der Waals surface area contributed by atoms with Crippen LogP contribution in [0.15, 0.2) is 36.4 Å². The van der Waals surface area contributed by atoms with Gasteiger partial charge >= 0.3 is 0 Å². The predicted octanol–water partition coefficient (Wildman–Crippen LogP) is 3.84. The zero-order chi connectivity index (χ0) is 11.5. The number of rotatable bonds is 2. The highest BCUT2D eigenvalue weighted by atomic mass is 19.3. The summed E-state index contributed by atoms with van der Waals surface area (Å²) in [6, 6.07) is 12.3. The van der Waals surface area contributed by atoms with Crippen LogP contribution < -0.4 is 0 Å². The van der Waals surface area contributed by atoms with Gasteiger partial charge < -0.3 is 0 Å². The third-order valence-corrected chi connectivity index (χ3v) is 2.51. The van der Waals surface area contributed by atoms with Crippen LogP contribution in [-0.2, 0) is 6.42 Å². The first-order valence-corrected chi connectivity index (χ1v) is 4.89. The van der Waals surface area contributed by atoms with Gasteiger partial charge in [0.2, 0.25) is 0 Å². The Labute approximate surface area is 91.9 Å². The third kappa shape index (κ3) is 1.87. The van der Waals surface area contributed by atoms with Gasteiger partial charge in [-0.25, -0.2) is 8.78 Å². The molecule has 0 aliphatic carbocycles. The summed E-state index contributed by atoms with van der Waals surface area (Å²) in [5.74, 6) is 0. The summed E-state index contributed by atoms with van der Waals surface area (Å²) < 4.78 is 25.5. The lowest BCUT2D eigenvalue weighted by molar-refractivity contribution is 0.150. The maximum atomic E-state index is 12.8. The van der Waals surface area contributed by atoms with Crippen LogP contribution in [0.4, 0.5) is 8.78 Å². The Bertz CT molecular complexity index is 555. The minimum absolute atomic E-state index is 0.0184. The maximum Gasteiger partial charge on any atom is 0.264 e. The smallest absolute Gasteiger partial charge is 0.205 e. The van der Waals surface area contributed by atoms with Gasteiger partial charge in [0.05, 0.1) is 12.5 Å². The Kier molecular flexibility index (Phi) is 2.82. The van der Waals surface area contributed by atoms with Crippen LogP contribution in [0.1, 0.15) is 17.6 Å². The number of hydrogen-bond acceptors (Lipinski definition) is 1. The molecule has 0 aromatic heterocycles. The molecule has 0 heterocycles. The zero-order valence-electron chi connectivity index (χ0n) is 8.45. The van der Waals surface area contributed by atoms with Crippen molar-refractivity contribution in [2.75, 3.05) is 0 Å². The van der Waals surface area contributed by atoms with Gasteiger partial charge in [0, 0.05) is 5.56 Å². The van der Waals surface area contributed by atoms with E-state index in [1.54, 1.807) is 12.1 Å². The lowest BCUT2D eigenvalue weighted by atomic mass is 9.99. The van der Waals surface area contributed by atoms with Crippen molar-refractivity contribution in [1.82, 2.24) is 0 Å². The molecule has 0 spiro atoms. The van der Waals surface area contributed by atoms with E-state index in [1.165, 1.54) is 6.07 Å². The van der Waals surface area contributed by atoms with E-state index >= 15 is 0 Å². The van der Waals surface area contributed by atoms with Gasteiger partial charge in [0.1, 0.15) is 0 Å². The average Bonchev–Trinajstić information content (AvgIpc) is 2.28. The third-order valence-electron chi connectivity index (χ3n) is 2.51. The first-order chi connectivity index (χ1) is 7.72. The van der Waals surface area contributed by atoms with Gasteiger partial charge in [0.25, 0.3) is 6.43 Å². The molecule has 0 saturated heterocycles. The quantitative estimate of drug-likeness (QED) is 0.749. The first kappa shape index (κ1) is 10.6. The molecule has 0 radical (unpaired) electrons.